The highest BCUT2D eigenvalue weighted by atomic mass is 35.5. The average molecular weight is 1330 g/mol. The summed E-state index contributed by atoms with van der Waals surface area (Å²) in [6.07, 6.45) is 0. The van der Waals surface area contributed by atoms with E-state index in [-0.39, 0.29) is 21.8 Å². The lowest BCUT2D eigenvalue weighted by Gasteiger charge is -2.32. The van der Waals surface area contributed by atoms with Crippen molar-refractivity contribution in [2.45, 2.75) is 38.9 Å². The maximum Gasteiger partial charge on any atom is 0.494 e. The Morgan fingerprint density at radius 3 is 0.776 bits per heavy atom. The van der Waals surface area contributed by atoms with Gasteiger partial charge in [-0.1, -0.05) is 97.1 Å². The molecule has 474 valence electrons. The molecule has 21 heteroatoms. The van der Waals surface area contributed by atoms with Crippen molar-refractivity contribution in [3.63, 3.8) is 0 Å². The summed E-state index contributed by atoms with van der Waals surface area (Å²) < 4.78 is 42.1. The Kier molecular flexibility index (Phi) is 15.8. The van der Waals surface area contributed by atoms with Crippen LogP contribution in [0.3, 0.4) is 0 Å². The van der Waals surface area contributed by atoms with Crippen LogP contribution in [0, 0.1) is 0 Å². The Bertz CT molecular complexity index is 5420. The smallest absolute Gasteiger partial charge is 0.436 e. The van der Waals surface area contributed by atoms with Crippen LogP contribution in [-0.2, 0) is 9.31 Å². The molecule has 98 heavy (non-hydrogen) atoms. The summed E-state index contributed by atoms with van der Waals surface area (Å²) in [4.78, 5) is 50.3. The van der Waals surface area contributed by atoms with Gasteiger partial charge < -0.3 is 31.4 Å². The minimum absolute atomic E-state index is 0.0465. The lowest BCUT2D eigenvalue weighted by Crippen LogP contribution is -2.41. The third-order valence-electron chi connectivity index (χ3n) is 16.8. The molecule has 1 saturated heterocycles. The molecule has 10 aromatic carbocycles. The number of aromatic nitrogens is 11. The van der Waals surface area contributed by atoms with Crippen LogP contribution < -0.4 is 5.46 Å². The fourth-order valence-corrected chi connectivity index (χ4v) is 11.4. The van der Waals surface area contributed by atoms with Crippen LogP contribution in [0.25, 0.3) is 158 Å². The van der Waals surface area contributed by atoms with Gasteiger partial charge in [0.2, 0.25) is 40.0 Å². The quantitative estimate of drug-likeness (QED) is 0.116. The van der Waals surface area contributed by atoms with Crippen LogP contribution in [-0.4, -0.2) is 73.1 Å². The Morgan fingerprint density at radius 2 is 0.500 bits per heavy atom. The van der Waals surface area contributed by atoms with Gasteiger partial charge in [0.25, 0.3) is 0 Å². The fraction of sp³-hybridized carbons (Fsp3) is 0.0779. The highest BCUT2D eigenvalue weighted by Crippen LogP contribution is 2.38. The van der Waals surface area contributed by atoms with Gasteiger partial charge in [-0.05, 0) is 202 Å². The van der Waals surface area contributed by atoms with Gasteiger partial charge in [-0.15, -0.1) is 0 Å². The predicted molar refractivity (Wildman–Crippen MR) is 379 cm³/mol. The largest absolute Gasteiger partial charge is 0.494 e. The number of fused-ring (bicyclic) bond motifs is 5. The van der Waals surface area contributed by atoms with E-state index in [2.05, 4.69) is 52.6 Å². The van der Waals surface area contributed by atoms with E-state index in [1.807, 2.05) is 243 Å². The Labute approximate surface area is 569 Å². The first-order valence-electron chi connectivity index (χ1n) is 31.3. The first-order chi connectivity index (χ1) is 47.7. The number of oxazole rings is 5. The molecule has 0 saturated carbocycles. The second-order valence-electron chi connectivity index (χ2n) is 24.0. The third-order valence-corrected chi connectivity index (χ3v) is 17.2. The molecule has 0 N–H and O–H groups in total. The van der Waals surface area contributed by atoms with Crippen LogP contribution in [0.15, 0.2) is 265 Å². The number of hydrogen-bond acceptors (Lipinski definition) is 18. The van der Waals surface area contributed by atoms with Crippen LogP contribution in [0.2, 0.25) is 10.6 Å². The second kappa shape index (κ2) is 25.4. The lowest BCUT2D eigenvalue weighted by atomic mass is 9.79. The van der Waals surface area contributed by atoms with Gasteiger partial charge in [0.15, 0.2) is 51.2 Å². The Morgan fingerprint density at radius 1 is 0.255 bits per heavy atom. The number of halogens is 2. The van der Waals surface area contributed by atoms with E-state index in [4.69, 9.17) is 84.5 Å². The van der Waals surface area contributed by atoms with Gasteiger partial charge in [0.1, 0.15) is 27.6 Å². The van der Waals surface area contributed by atoms with Gasteiger partial charge in [0.05, 0.1) is 11.2 Å². The molecule has 17 aromatic rings. The molecule has 8 heterocycles. The zero-order valence-corrected chi connectivity index (χ0v) is 54.2. The van der Waals surface area contributed by atoms with Crippen molar-refractivity contribution in [3.8, 4) is 103 Å². The van der Waals surface area contributed by atoms with Crippen LogP contribution in [0.5, 0.6) is 0 Å². The number of rotatable bonds is 10. The van der Waals surface area contributed by atoms with E-state index in [9.17, 15) is 0 Å². The fourth-order valence-electron chi connectivity index (χ4n) is 11.1. The first-order valence-corrected chi connectivity index (χ1v) is 32.0. The van der Waals surface area contributed by atoms with Crippen molar-refractivity contribution in [1.29, 1.82) is 0 Å². The standard InChI is InChI=1S/C42H24N6O3.C19H20BNO3.C16H8Cl2N4O/c1-4-10-25(11-5-1)40-43-31-22-28(16-19-34(31)49-40)37-46-38(29-17-20-35-32(23-29)44-41(50-35)26-12-6-2-7-13-26)48-39(47-37)30-18-21-36-33(24-30)45-42(51-36)27-14-8-3-9-15-27;1-18(2)19(3,4)24-20(23-18)14-10-11-16-15(12-14)21-17(22-16)13-8-6-5-7-9-13;17-15-20-13(21-16(18)22-15)10-6-7-12-11(8-10)19-14(23-12)9-4-2-1-3-5-9/h1-24H;5-12H,1-4H3;1-8H. The highest BCUT2D eigenvalue weighted by molar-refractivity contribution is 6.62. The minimum atomic E-state index is -0.392. The van der Waals surface area contributed by atoms with E-state index in [0.29, 0.717) is 97.2 Å². The Balaban J connectivity index is 0.000000132. The summed E-state index contributed by atoms with van der Waals surface area (Å²) in [5.74, 6) is 4.66. The van der Waals surface area contributed by atoms with E-state index in [1.54, 1.807) is 0 Å². The molecule has 0 spiro atoms. The molecule has 0 bridgehead atoms. The molecule has 1 fully saturated rings. The molecule has 0 amide bonds. The maximum absolute atomic E-state index is 6.11. The highest BCUT2D eigenvalue weighted by Gasteiger charge is 2.51. The lowest BCUT2D eigenvalue weighted by molar-refractivity contribution is 0.00578. The molecular weight excluding hydrogens is 1270 g/mol. The van der Waals surface area contributed by atoms with Gasteiger partial charge >= 0.3 is 7.12 Å². The van der Waals surface area contributed by atoms with E-state index in [0.717, 1.165) is 66.6 Å². The summed E-state index contributed by atoms with van der Waals surface area (Å²) in [5.41, 5.74) is 14.9. The SMILES string of the molecule is CC1(C)OB(c2ccc3oc(-c4ccccc4)nc3c2)OC1(C)C.Clc1nc(Cl)nc(-c2ccc3oc(-c4ccccc4)nc3c2)n1.c1ccc(-c2nc3cc(-c4nc(-c5ccc6oc(-c7ccccc7)nc6c5)nc(-c5ccc6oc(-c7ccccc7)nc6c5)n4)ccc3o2)cc1. The van der Waals surface area contributed by atoms with Crippen LogP contribution >= 0.6 is 23.2 Å². The molecule has 0 radical (unpaired) electrons. The van der Waals surface area contributed by atoms with Gasteiger partial charge in [-0.3, -0.25) is 0 Å². The minimum Gasteiger partial charge on any atom is -0.436 e. The summed E-state index contributed by atoms with van der Waals surface area (Å²) in [5, 5.41) is 0.0930. The average Bonchev–Trinajstić information content (AvgIpc) is 1.41. The van der Waals surface area contributed by atoms with E-state index >= 15 is 0 Å². The van der Waals surface area contributed by atoms with Gasteiger partial charge in [-0.25, -0.2) is 39.9 Å². The molecule has 18 nitrogen and oxygen atoms in total. The monoisotopic (exact) mass is 1320 g/mol. The van der Waals surface area contributed by atoms with Crippen LogP contribution in [0.1, 0.15) is 27.7 Å². The number of nitrogens with zero attached hydrogens (tertiary/aromatic N) is 11. The Hall–Kier alpha value is -11.9. The summed E-state index contributed by atoms with van der Waals surface area (Å²) in [7, 11) is -0.392. The molecule has 0 atom stereocenters. The van der Waals surface area contributed by atoms with Crippen molar-refractivity contribution in [2.24, 2.45) is 0 Å². The summed E-state index contributed by atoms with van der Waals surface area (Å²) >= 11 is 11.6. The normalized spacial score (nSPS) is 13.3. The molecule has 0 unspecified atom stereocenters. The molecule has 1 aliphatic rings. The third kappa shape index (κ3) is 12.4. The molecular formula is C77H52BCl2N11O7. The topological polar surface area (TPSA) is 226 Å². The van der Waals surface area contributed by atoms with Crippen molar-refractivity contribution < 1.29 is 31.4 Å². The van der Waals surface area contributed by atoms with Crippen molar-refractivity contribution in [1.82, 2.24) is 54.8 Å². The predicted octanol–water partition coefficient (Wildman–Crippen LogP) is 18.7. The molecule has 1 aliphatic heterocycles. The van der Waals surface area contributed by atoms with Gasteiger partial charge in [0, 0.05) is 50.1 Å². The zero-order valence-electron chi connectivity index (χ0n) is 52.7. The van der Waals surface area contributed by atoms with Crippen molar-refractivity contribution in [2.75, 3.05) is 0 Å². The van der Waals surface area contributed by atoms with E-state index < -0.39 is 7.12 Å². The van der Waals surface area contributed by atoms with Crippen molar-refractivity contribution in [3.05, 3.63) is 253 Å². The zero-order chi connectivity index (χ0) is 66.5. The maximum atomic E-state index is 6.11. The van der Waals surface area contributed by atoms with Crippen LogP contribution in [0.4, 0.5) is 0 Å². The van der Waals surface area contributed by atoms with Crippen molar-refractivity contribution >= 4 is 91.3 Å². The summed E-state index contributed by atoms with van der Waals surface area (Å²) in [6, 6.07) is 77.7. The van der Waals surface area contributed by atoms with Gasteiger partial charge in [-0.2, -0.15) is 15.0 Å². The first kappa shape index (κ1) is 61.0. The number of hydrogen-bond donors (Lipinski definition) is 0. The molecule has 0 aliphatic carbocycles. The molecule has 18 rings (SSSR count). The molecule has 7 aromatic heterocycles. The summed E-state index contributed by atoms with van der Waals surface area (Å²) in [6.45, 7) is 8.20. The second-order valence-corrected chi connectivity index (χ2v) is 24.7. The van der Waals surface area contributed by atoms with E-state index in [1.165, 1.54) is 0 Å². The number of benzene rings is 10.